The zero-order chi connectivity index (χ0) is 11.0. The third-order valence-electron chi connectivity index (χ3n) is 2.34. The van der Waals surface area contributed by atoms with Gasteiger partial charge in [-0.25, -0.2) is 4.99 Å². The average molecular weight is 197 g/mol. The summed E-state index contributed by atoms with van der Waals surface area (Å²) in [6.45, 7) is 7.27. The molecule has 1 N–H and O–H groups in total. The lowest BCUT2D eigenvalue weighted by atomic mass is 10.00. The van der Waals surface area contributed by atoms with E-state index in [1.54, 1.807) is 27.1 Å². The summed E-state index contributed by atoms with van der Waals surface area (Å²) in [5, 5.41) is 3.88. The molecule has 0 unspecified atom stereocenters. The van der Waals surface area contributed by atoms with Crippen LogP contribution in [0.5, 0.6) is 0 Å². The van der Waals surface area contributed by atoms with Gasteiger partial charge in [-0.2, -0.15) is 5.10 Å². The number of nitroso groups, excluding NO2 is 1. The number of nitrogens with zero attached hydrogens (tertiary/aromatic N) is 3. The minimum Gasteiger partial charge on any atom is -0.313 e. The van der Waals surface area contributed by atoms with E-state index in [4.69, 9.17) is 0 Å². The monoisotopic (exact) mass is 197 g/mol. The van der Waals surface area contributed by atoms with Crippen LogP contribution < -0.4 is 5.43 Å². The molecule has 1 aliphatic heterocycles. The van der Waals surface area contributed by atoms with Gasteiger partial charge in [0.2, 0.25) is 0 Å². The molecular weight excluding hydrogens is 180 g/mol. The summed E-state index contributed by atoms with van der Waals surface area (Å²) in [7, 11) is 1.71. The van der Waals surface area contributed by atoms with Crippen LogP contribution in [0.2, 0.25) is 0 Å². The van der Waals surface area contributed by atoms with Gasteiger partial charge in [-0.1, -0.05) is 0 Å². The molecule has 0 amide bonds. The molecule has 0 aromatic heterocycles. The van der Waals surface area contributed by atoms with Crippen molar-refractivity contribution in [2.45, 2.75) is 38.9 Å². The highest BCUT2D eigenvalue weighted by Gasteiger charge is 2.56. The quantitative estimate of drug-likeness (QED) is 0.407. The van der Waals surface area contributed by atoms with Crippen molar-refractivity contribution in [3.05, 3.63) is 4.91 Å². The van der Waals surface area contributed by atoms with Gasteiger partial charge in [0.15, 0.2) is 0 Å². The van der Waals surface area contributed by atoms with E-state index in [1.807, 2.05) is 13.8 Å². The number of nitrogens with one attached hydrogen (secondary N) is 1. The summed E-state index contributed by atoms with van der Waals surface area (Å²) >= 11 is 0. The summed E-state index contributed by atoms with van der Waals surface area (Å²) < 4.78 is 0.997. The van der Waals surface area contributed by atoms with Gasteiger partial charge in [0.25, 0.3) is 11.2 Å². The van der Waals surface area contributed by atoms with Gasteiger partial charge in [-0.15, -0.1) is 0 Å². The minimum absolute atomic E-state index is 0.607. The summed E-state index contributed by atoms with van der Waals surface area (Å²) in [5.74, 6) is 0. The molecule has 5 nitrogen and oxygen atoms in total. The first-order valence-corrected chi connectivity index (χ1v) is 4.60. The molecule has 1 rings (SSSR count). The van der Waals surface area contributed by atoms with Crippen LogP contribution >= 0.6 is 0 Å². The molecule has 0 aromatic rings. The van der Waals surface area contributed by atoms with E-state index in [9.17, 15) is 4.91 Å². The number of hydrazone groups is 1. The van der Waals surface area contributed by atoms with Crippen molar-refractivity contribution < 1.29 is 4.76 Å². The van der Waals surface area contributed by atoms with Crippen LogP contribution in [-0.2, 0) is 0 Å². The summed E-state index contributed by atoms with van der Waals surface area (Å²) in [6, 6.07) is 0. The fourth-order valence-corrected chi connectivity index (χ4v) is 1.58. The van der Waals surface area contributed by atoms with Crippen LogP contribution in [0.1, 0.15) is 27.7 Å². The minimum atomic E-state index is -0.696. The van der Waals surface area contributed by atoms with Crippen LogP contribution in [0.3, 0.4) is 0 Å². The van der Waals surface area contributed by atoms with Gasteiger partial charge in [0.05, 0.1) is 6.21 Å². The van der Waals surface area contributed by atoms with Crippen LogP contribution in [0.15, 0.2) is 10.1 Å². The molecule has 0 spiro atoms. The SMILES string of the molecule is CN/N=C/C1=NC(C)(C)[N+](=O)C1(C)C. The van der Waals surface area contributed by atoms with Gasteiger partial charge in [0.1, 0.15) is 5.71 Å². The number of hydrogen-bond acceptors (Lipinski definition) is 4. The smallest absolute Gasteiger partial charge is 0.298 e. The van der Waals surface area contributed by atoms with Crippen molar-refractivity contribution in [2.75, 3.05) is 7.05 Å². The zero-order valence-corrected chi connectivity index (χ0v) is 9.33. The molecule has 0 saturated carbocycles. The molecule has 78 valence electrons. The molecule has 5 heteroatoms. The Morgan fingerprint density at radius 3 is 2.36 bits per heavy atom. The van der Waals surface area contributed by atoms with E-state index in [0.717, 1.165) is 4.76 Å². The average Bonchev–Trinajstić information content (AvgIpc) is 2.23. The highest BCUT2D eigenvalue weighted by molar-refractivity contribution is 6.34. The summed E-state index contributed by atoms with van der Waals surface area (Å²) in [4.78, 5) is 16.2. The number of aliphatic imine (C=N–C) groups is 1. The fraction of sp³-hybridized carbons (Fsp3) is 0.778. The van der Waals surface area contributed by atoms with E-state index in [1.165, 1.54) is 0 Å². The Hall–Kier alpha value is -1.26. The van der Waals surface area contributed by atoms with Gasteiger partial charge < -0.3 is 5.43 Å². The maximum Gasteiger partial charge on any atom is 0.298 e. The molecule has 0 aliphatic carbocycles. The van der Waals surface area contributed by atoms with Gasteiger partial charge in [-0.3, -0.25) is 0 Å². The summed E-state index contributed by atoms with van der Waals surface area (Å²) in [5.41, 5.74) is 2.04. The zero-order valence-electron chi connectivity index (χ0n) is 9.33. The van der Waals surface area contributed by atoms with E-state index < -0.39 is 11.2 Å². The third-order valence-corrected chi connectivity index (χ3v) is 2.34. The second-order valence-electron chi connectivity index (χ2n) is 4.33. The maximum absolute atomic E-state index is 11.8. The Balaban J connectivity index is 3.07. The molecule has 0 fully saturated rings. The Kier molecular flexibility index (Phi) is 2.43. The third kappa shape index (κ3) is 1.54. The molecule has 1 heterocycles. The van der Waals surface area contributed by atoms with Gasteiger partial charge in [-0.05, 0) is 0 Å². The largest absolute Gasteiger partial charge is 0.313 e. The first-order valence-electron chi connectivity index (χ1n) is 4.60. The second-order valence-corrected chi connectivity index (χ2v) is 4.33. The lowest BCUT2D eigenvalue weighted by Crippen LogP contribution is -2.44. The predicted molar refractivity (Wildman–Crippen MR) is 56.8 cm³/mol. The fourth-order valence-electron chi connectivity index (χ4n) is 1.58. The molecule has 0 bridgehead atoms. The highest BCUT2D eigenvalue weighted by Crippen LogP contribution is 2.29. The molecule has 0 aromatic carbocycles. The summed E-state index contributed by atoms with van der Waals surface area (Å²) in [6.07, 6.45) is 1.60. The second kappa shape index (κ2) is 3.15. The highest BCUT2D eigenvalue weighted by atomic mass is 16.3. The number of rotatable bonds is 2. The van der Waals surface area contributed by atoms with E-state index >= 15 is 0 Å². The number of hydrogen-bond donors (Lipinski definition) is 1. The first kappa shape index (κ1) is 10.8. The standard InChI is InChI=1S/C9H17N4O/c1-8(2)7(6-11-10-5)12-9(3,4)13(8)14/h6,10H,1-5H3/q+1/b11-6+. The van der Waals surface area contributed by atoms with E-state index in [-0.39, 0.29) is 0 Å². The predicted octanol–water partition coefficient (Wildman–Crippen LogP) is 0.940. The van der Waals surface area contributed by atoms with Crippen LogP contribution in [-0.4, -0.2) is 34.9 Å². The van der Waals surface area contributed by atoms with Crippen molar-refractivity contribution >= 4 is 11.9 Å². The first-order chi connectivity index (χ1) is 6.32. The Bertz CT molecular complexity index is 315. The molecule has 0 radical (unpaired) electrons. The topological polar surface area (TPSA) is 56.8 Å². The van der Waals surface area contributed by atoms with Crippen LogP contribution in [0, 0.1) is 4.91 Å². The van der Waals surface area contributed by atoms with Crippen LogP contribution in [0.25, 0.3) is 0 Å². The maximum atomic E-state index is 11.8. The van der Waals surface area contributed by atoms with Crippen molar-refractivity contribution in [1.82, 2.24) is 5.43 Å². The Morgan fingerprint density at radius 1 is 1.43 bits per heavy atom. The lowest BCUT2D eigenvalue weighted by molar-refractivity contribution is -0.653. The Morgan fingerprint density at radius 2 is 2.00 bits per heavy atom. The van der Waals surface area contributed by atoms with Crippen molar-refractivity contribution in [3.63, 3.8) is 0 Å². The Labute approximate surface area is 83.9 Å². The van der Waals surface area contributed by atoms with Crippen LogP contribution in [0.4, 0.5) is 0 Å². The molecule has 14 heavy (non-hydrogen) atoms. The van der Waals surface area contributed by atoms with Crippen molar-refractivity contribution in [1.29, 1.82) is 0 Å². The molecule has 0 saturated heterocycles. The molecule has 1 aliphatic rings. The van der Waals surface area contributed by atoms with Gasteiger partial charge >= 0.3 is 0 Å². The molecule has 0 atom stereocenters. The van der Waals surface area contributed by atoms with Gasteiger partial charge in [0, 0.05) is 44.4 Å². The van der Waals surface area contributed by atoms with Crippen molar-refractivity contribution in [3.8, 4) is 0 Å². The van der Waals surface area contributed by atoms with Crippen molar-refractivity contribution in [2.24, 2.45) is 10.1 Å². The van der Waals surface area contributed by atoms with E-state index in [0.29, 0.717) is 5.71 Å². The lowest BCUT2D eigenvalue weighted by Gasteiger charge is -2.11. The normalized spacial score (nSPS) is 24.1. The van der Waals surface area contributed by atoms with E-state index in [2.05, 4.69) is 15.5 Å². The molecular formula is C9H17N4O+.